The molecule has 0 radical (unpaired) electrons. The summed E-state index contributed by atoms with van der Waals surface area (Å²) >= 11 is 0. The van der Waals surface area contributed by atoms with E-state index in [9.17, 15) is 14.4 Å². The normalized spacial score (nSPS) is 14.2. The Hall–Kier alpha value is -3.15. The molecule has 0 spiro atoms. The number of carbonyl (C=O) groups excluding carboxylic acids is 3. The number of hydrogen-bond donors (Lipinski definition) is 1. The number of carbonyl (C=O) groups is 3. The van der Waals surface area contributed by atoms with Crippen molar-refractivity contribution in [1.29, 1.82) is 0 Å². The third-order valence-corrected chi connectivity index (χ3v) is 5.25. The van der Waals surface area contributed by atoms with E-state index in [2.05, 4.69) is 5.32 Å². The molecule has 3 rings (SSSR count). The molecule has 1 aliphatic carbocycles. The van der Waals surface area contributed by atoms with Crippen LogP contribution in [0.1, 0.15) is 42.6 Å². The molecule has 1 N–H and O–H groups in total. The zero-order valence-electron chi connectivity index (χ0n) is 17.0. The van der Waals surface area contributed by atoms with E-state index in [0.717, 1.165) is 5.56 Å². The van der Waals surface area contributed by atoms with Gasteiger partial charge in [0.2, 0.25) is 11.8 Å². The van der Waals surface area contributed by atoms with Gasteiger partial charge in [0.25, 0.3) is 0 Å². The second-order valence-electron chi connectivity index (χ2n) is 7.59. The smallest absolute Gasteiger partial charge is 0.339 e. The monoisotopic (exact) mass is 394 g/mol. The number of anilines is 1. The highest BCUT2D eigenvalue weighted by molar-refractivity contribution is 6.14. The highest BCUT2D eigenvalue weighted by Gasteiger charge is 2.58. The van der Waals surface area contributed by atoms with Gasteiger partial charge in [-0.2, -0.15) is 0 Å². The molecule has 0 bridgehead atoms. The van der Waals surface area contributed by atoms with Crippen molar-refractivity contribution >= 4 is 23.5 Å². The minimum Gasteiger partial charge on any atom is -0.465 e. The highest BCUT2D eigenvalue weighted by Crippen LogP contribution is 2.48. The van der Waals surface area contributed by atoms with Crippen LogP contribution in [-0.2, 0) is 20.9 Å². The maximum absolute atomic E-state index is 13.4. The maximum Gasteiger partial charge on any atom is 0.339 e. The summed E-state index contributed by atoms with van der Waals surface area (Å²) in [5.74, 6) is -1.09. The molecule has 0 heterocycles. The largest absolute Gasteiger partial charge is 0.465 e. The second kappa shape index (κ2) is 8.47. The van der Waals surface area contributed by atoms with Crippen molar-refractivity contribution in [2.75, 3.05) is 12.4 Å². The number of rotatable bonds is 7. The first-order valence-electron chi connectivity index (χ1n) is 9.73. The molecule has 2 aromatic rings. The molecule has 1 aliphatic rings. The molecule has 0 aliphatic heterocycles. The molecule has 6 heteroatoms. The number of para-hydroxylation sites is 1. The summed E-state index contributed by atoms with van der Waals surface area (Å²) in [7, 11) is 1.29. The minimum atomic E-state index is -1.08. The third-order valence-electron chi connectivity index (χ3n) is 5.25. The summed E-state index contributed by atoms with van der Waals surface area (Å²) in [6.07, 6.45) is 0.992. The first-order chi connectivity index (χ1) is 13.9. The predicted molar refractivity (Wildman–Crippen MR) is 110 cm³/mol. The van der Waals surface area contributed by atoms with Crippen molar-refractivity contribution in [3.05, 3.63) is 65.7 Å². The van der Waals surface area contributed by atoms with E-state index in [1.165, 1.54) is 7.11 Å². The third kappa shape index (κ3) is 4.31. The van der Waals surface area contributed by atoms with Gasteiger partial charge in [-0.1, -0.05) is 42.5 Å². The molecule has 0 aromatic heterocycles. The molecule has 6 nitrogen and oxygen atoms in total. The first-order valence-corrected chi connectivity index (χ1v) is 9.73. The van der Waals surface area contributed by atoms with Gasteiger partial charge in [-0.3, -0.25) is 9.59 Å². The van der Waals surface area contributed by atoms with Crippen molar-refractivity contribution in [2.24, 2.45) is 5.41 Å². The Morgan fingerprint density at radius 1 is 1.03 bits per heavy atom. The second-order valence-corrected chi connectivity index (χ2v) is 7.59. The minimum absolute atomic E-state index is 0.0460. The lowest BCUT2D eigenvalue weighted by molar-refractivity contribution is -0.144. The Morgan fingerprint density at radius 3 is 2.24 bits per heavy atom. The Bertz CT molecular complexity index is 904. The van der Waals surface area contributed by atoms with Crippen molar-refractivity contribution in [3.8, 4) is 0 Å². The van der Waals surface area contributed by atoms with E-state index >= 15 is 0 Å². The summed E-state index contributed by atoms with van der Waals surface area (Å²) in [6, 6.07) is 16.3. The standard InChI is InChI=1S/C23H26N2O4/c1-16(2)25(15-17-9-5-4-6-10-17)22(28)23(13-14-23)21(27)24-19-12-8-7-11-18(19)20(26)29-3/h4-12,16H,13-15H2,1-3H3,(H,24,27). The summed E-state index contributed by atoms with van der Waals surface area (Å²) in [4.78, 5) is 40.1. The van der Waals surface area contributed by atoms with Crippen LogP contribution in [0.2, 0.25) is 0 Å². The van der Waals surface area contributed by atoms with Crippen molar-refractivity contribution in [1.82, 2.24) is 4.90 Å². The molecule has 2 aromatic carbocycles. The zero-order chi connectivity index (χ0) is 21.0. The number of methoxy groups -OCH3 is 1. The Kier molecular flexibility index (Phi) is 6.01. The topological polar surface area (TPSA) is 75.7 Å². The van der Waals surface area contributed by atoms with Gasteiger partial charge in [0, 0.05) is 12.6 Å². The van der Waals surface area contributed by atoms with E-state index < -0.39 is 11.4 Å². The molecule has 0 unspecified atom stereocenters. The van der Waals surface area contributed by atoms with Crippen LogP contribution in [-0.4, -0.2) is 35.8 Å². The Morgan fingerprint density at radius 2 is 1.66 bits per heavy atom. The average Bonchev–Trinajstić information content (AvgIpc) is 3.54. The van der Waals surface area contributed by atoms with Crippen LogP contribution in [0.3, 0.4) is 0 Å². The zero-order valence-corrected chi connectivity index (χ0v) is 17.0. The van der Waals surface area contributed by atoms with Gasteiger partial charge in [-0.15, -0.1) is 0 Å². The number of esters is 1. The molecule has 1 fully saturated rings. The van der Waals surface area contributed by atoms with Gasteiger partial charge in [0.15, 0.2) is 0 Å². The van der Waals surface area contributed by atoms with Crippen LogP contribution in [0.25, 0.3) is 0 Å². The van der Waals surface area contributed by atoms with Crippen molar-refractivity contribution < 1.29 is 19.1 Å². The highest BCUT2D eigenvalue weighted by atomic mass is 16.5. The molecule has 152 valence electrons. The number of nitrogens with zero attached hydrogens (tertiary/aromatic N) is 1. The summed E-state index contributed by atoms with van der Waals surface area (Å²) in [5.41, 5.74) is 0.545. The predicted octanol–water partition coefficient (Wildman–Crippen LogP) is 3.63. The van der Waals surface area contributed by atoms with Crippen LogP contribution in [0, 0.1) is 5.41 Å². The van der Waals surface area contributed by atoms with Gasteiger partial charge in [-0.25, -0.2) is 4.79 Å². The van der Waals surface area contributed by atoms with E-state index in [1.54, 1.807) is 29.2 Å². The molecule has 2 amide bonds. The number of nitrogens with one attached hydrogen (secondary N) is 1. The summed E-state index contributed by atoms with van der Waals surface area (Å²) in [6.45, 7) is 4.34. The number of benzene rings is 2. The molecular weight excluding hydrogens is 368 g/mol. The number of amides is 2. The summed E-state index contributed by atoms with van der Waals surface area (Å²) in [5, 5.41) is 2.78. The van der Waals surface area contributed by atoms with E-state index in [1.807, 2.05) is 44.2 Å². The van der Waals surface area contributed by atoms with Gasteiger partial charge >= 0.3 is 5.97 Å². The molecule has 1 saturated carbocycles. The fourth-order valence-corrected chi connectivity index (χ4v) is 3.33. The lowest BCUT2D eigenvalue weighted by Gasteiger charge is -2.30. The van der Waals surface area contributed by atoms with E-state index in [-0.39, 0.29) is 23.4 Å². The van der Waals surface area contributed by atoms with Crippen LogP contribution >= 0.6 is 0 Å². The number of ether oxygens (including phenoxy) is 1. The maximum atomic E-state index is 13.4. The van der Waals surface area contributed by atoms with Crippen LogP contribution < -0.4 is 5.32 Å². The van der Waals surface area contributed by atoms with Crippen LogP contribution in [0.5, 0.6) is 0 Å². The fraction of sp³-hybridized carbons (Fsp3) is 0.348. The van der Waals surface area contributed by atoms with Crippen molar-refractivity contribution in [3.63, 3.8) is 0 Å². The lowest BCUT2D eigenvalue weighted by Crippen LogP contribution is -2.45. The van der Waals surface area contributed by atoms with Crippen LogP contribution in [0.15, 0.2) is 54.6 Å². The van der Waals surface area contributed by atoms with Crippen LogP contribution in [0.4, 0.5) is 5.69 Å². The van der Waals surface area contributed by atoms with Gasteiger partial charge in [0.05, 0.1) is 18.4 Å². The summed E-state index contributed by atoms with van der Waals surface area (Å²) < 4.78 is 4.78. The Balaban J connectivity index is 1.80. The molecule has 0 atom stereocenters. The van der Waals surface area contributed by atoms with Crippen molar-refractivity contribution in [2.45, 2.75) is 39.3 Å². The SMILES string of the molecule is COC(=O)c1ccccc1NC(=O)C1(C(=O)N(Cc2ccccc2)C(C)C)CC1. The quantitative estimate of drug-likeness (QED) is 0.575. The first kappa shape index (κ1) is 20.6. The van der Waals surface area contributed by atoms with Gasteiger partial charge in [-0.05, 0) is 44.4 Å². The lowest BCUT2D eigenvalue weighted by atomic mass is 10.0. The van der Waals surface area contributed by atoms with Gasteiger partial charge < -0.3 is 15.0 Å². The Labute approximate surface area is 170 Å². The van der Waals surface area contributed by atoms with Gasteiger partial charge in [0.1, 0.15) is 5.41 Å². The molecule has 0 saturated heterocycles. The number of hydrogen-bond acceptors (Lipinski definition) is 4. The average molecular weight is 394 g/mol. The fourth-order valence-electron chi connectivity index (χ4n) is 3.33. The molecule has 29 heavy (non-hydrogen) atoms. The van der Waals surface area contributed by atoms with E-state index in [0.29, 0.717) is 25.1 Å². The van der Waals surface area contributed by atoms with E-state index in [4.69, 9.17) is 4.74 Å². The molecular formula is C23H26N2O4.